The number of benzene rings is 1. The van der Waals surface area contributed by atoms with Crippen molar-refractivity contribution in [2.45, 2.75) is 26.3 Å². The lowest BCUT2D eigenvalue weighted by Gasteiger charge is -2.27. The van der Waals surface area contributed by atoms with Crippen molar-refractivity contribution in [3.63, 3.8) is 0 Å². The number of carbonyl (C=O) groups excluding carboxylic acids is 2. The van der Waals surface area contributed by atoms with Gasteiger partial charge in [-0.15, -0.1) is 0 Å². The third kappa shape index (κ3) is 3.78. The molecule has 2 N–H and O–H groups in total. The number of carbonyl (C=O) groups is 2. The molecule has 130 valence electrons. The van der Waals surface area contributed by atoms with Gasteiger partial charge in [-0.2, -0.15) is 0 Å². The first-order chi connectivity index (χ1) is 11.5. The number of likely N-dealkylation sites (tertiary alicyclic amines) is 1. The molecule has 2 aliphatic heterocycles. The molecule has 5 nitrogen and oxygen atoms in total. The van der Waals surface area contributed by atoms with Gasteiger partial charge in [0.15, 0.2) is 0 Å². The van der Waals surface area contributed by atoms with Gasteiger partial charge in [0.2, 0.25) is 11.8 Å². The van der Waals surface area contributed by atoms with E-state index >= 15 is 0 Å². The topological polar surface area (TPSA) is 61.4 Å². The summed E-state index contributed by atoms with van der Waals surface area (Å²) in [5.74, 6) is 1.20. The van der Waals surface area contributed by atoms with E-state index in [4.69, 9.17) is 0 Å². The molecule has 24 heavy (non-hydrogen) atoms. The molecule has 2 amide bonds. The predicted octanol–water partition coefficient (Wildman–Crippen LogP) is 1.05. The Morgan fingerprint density at radius 2 is 1.79 bits per heavy atom. The third-order valence-corrected chi connectivity index (χ3v) is 5.16. The average Bonchev–Trinajstić information content (AvgIpc) is 3.14. The SMILES string of the molecule is CC(C)C(NC(=O)Cc1ccccc1)C(=O)N1C[C@H]2CNC[C@H]2C1. The molecular weight excluding hydrogens is 302 g/mol. The van der Waals surface area contributed by atoms with E-state index in [1.807, 2.05) is 49.1 Å². The summed E-state index contributed by atoms with van der Waals surface area (Å²) in [5, 5.41) is 6.35. The molecular formula is C19H27N3O2. The maximum absolute atomic E-state index is 12.9. The second-order valence-electron chi connectivity index (χ2n) is 7.37. The zero-order valence-corrected chi connectivity index (χ0v) is 14.5. The normalized spacial score (nSPS) is 24.0. The Labute approximate surface area is 143 Å². The molecule has 5 heteroatoms. The van der Waals surface area contributed by atoms with Crippen LogP contribution in [0.2, 0.25) is 0 Å². The fourth-order valence-electron chi connectivity index (χ4n) is 3.75. The molecule has 0 saturated carbocycles. The van der Waals surface area contributed by atoms with Crippen LogP contribution in [0.1, 0.15) is 19.4 Å². The van der Waals surface area contributed by atoms with Crippen LogP contribution in [-0.4, -0.2) is 48.9 Å². The summed E-state index contributed by atoms with van der Waals surface area (Å²) in [6.45, 7) is 7.61. The average molecular weight is 329 g/mol. The minimum absolute atomic E-state index is 0.0702. The molecule has 2 heterocycles. The number of nitrogens with zero attached hydrogens (tertiary/aromatic N) is 1. The first kappa shape index (κ1) is 17.0. The van der Waals surface area contributed by atoms with Crippen LogP contribution >= 0.6 is 0 Å². The summed E-state index contributed by atoms with van der Waals surface area (Å²) >= 11 is 0. The Balaban J connectivity index is 1.60. The molecule has 1 unspecified atom stereocenters. The Morgan fingerprint density at radius 3 is 2.38 bits per heavy atom. The third-order valence-electron chi connectivity index (χ3n) is 5.16. The van der Waals surface area contributed by atoms with Gasteiger partial charge in [-0.3, -0.25) is 9.59 Å². The van der Waals surface area contributed by atoms with Crippen LogP contribution in [0.15, 0.2) is 30.3 Å². The lowest BCUT2D eigenvalue weighted by Crippen LogP contribution is -2.51. The summed E-state index contributed by atoms with van der Waals surface area (Å²) in [4.78, 5) is 27.2. The molecule has 0 radical (unpaired) electrons. The standard InChI is InChI=1S/C19H27N3O2/c1-13(2)18(21-17(23)8-14-6-4-3-5-7-14)19(24)22-11-15-9-20-10-16(15)12-22/h3-7,13,15-16,18,20H,8-12H2,1-2H3,(H,21,23)/t15-,16+,18?. The second-order valence-corrected chi connectivity index (χ2v) is 7.37. The Morgan fingerprint density at radius 1 is 1.17 bits per heavy atom. The van der Waals surface area contributed by atoms with E-state index in [1.165, 1.54) is 0 Å². The highest BCUT2D eigenvalue weighted by Gasteiger charge is 2.40. The maximum Gasteiger partial charge on any atom is 0.245 e. The molecule has 3 atom stereocenters. The number of nitrogens with one attached hydrogen (secondary N) is 2. The Hall–Kier alpha value is -1.88. The largest absolute Gasteiger partial charge is 0.344 e. The Bertz CT molecular complexity index is 576. The highest BCUT2D eigenvalue weighted by molar-refractivity contribution is 5.88. The zero-order chi connectivity index (χ0) is 17.1. The molecule has 0 aliphatic carbocycles. The van der Waals surface area contributed by atoms with Crippen molar-refractivity contribution in [2.75, 3.05) is 26.2 Å². The van der Waals surface area contributed by atoms with E-state index in [2.05, 4.69) is 10.6 Å². The van der Waals surface area contributed by atoms with Crippen molar-refractivity contribution < 1.29 is 9.59 Å². The summed E-state index contributed by atoms with van der Waals surface area (Å²) in [6, 6.07) is 9.20. The molecule has 2 aliphatic rings. The number of hydrogen-bond donors (Lipinski definition) is 2. The van der Waals surface area contributed by atoms with E-state index in [9.17, 15) is 9.59 Å². The van der Waals surface area contributed by atoms with Crippen molar-refractivity contribution in [3.8, 4) is 0 Å². The second kappa shape index (κ2) is 7.34. The summed E-state index contributed by atoms with van der Waals surface area (Å²) in [5.41, 5.74) is 0.965. The quantitative estimate of drug-likeness (QED) is 0.849. The predicted molar refractivity (Wildman–Crippen MR) is 93.3 cm³/mol. The summed E-state index contributed by atoms with van der Waals surface area (Å²) in [7, 11) is 0. The number of hydrogen-bond acceptors (Lipinski definition) is 3. The van der Waals surface area contributed by atoms with Crippen molar-refractivity contribution in [3.05, 3.63) is 35.9 Å². The molecule has 1 aromatic rings. The molecule has 0 aromatic heterocycles. The van der Waals surface area contributed by atoms with Crippen LogP contribution in [0.3, 0.4) is 0 Å². The fourth-order valence-corrected chi connectivity index (χ4v) is 3.75. The van der Waals surface area contributed by atoms with Crippen molar-refractivity contribution in [1.82, 2.24) is 15.5 Å². The van der Waals surface area contributed by atoms with E-state index in [0.29, 0.717) is 18.3 Å². The number of rotatable bonds is 5. The van der Waals surface area contributed by atoms with E-state index < -0.39 is 6.04 Å². The molecule has 1 aromatic carbocycles. The van der Waals surface area contributed by atoms with Crippen molar-refractivity contribution >= 4 is 11.8 Å². The van der Waals surface area contributed by atoms with Gasteiger partial charge in [0.1, 0.15) is 6.04 Å². The lowest BCUT2D eigenvalue weighted by molar-refractivity contribution is -0.137. The highest BCUT2D eigenvalue weighted by Crippen LogP contribution is 2.27. The van der Waals surface area contributed by atoms with Crippen molar-refractivity contribution in [1.29, 1.82) is 0 Å². The molecule has 2 fully saturated rings. The molecule has 3 rings (SSSR count). The van der Waals surface area contributed by atoms with Gasteiger partial charge in [0.25, 0.3) is 0 Å². The minimum atomic E-state index is -0.437. The van der Waals surface area contributed by atoms with Gasteiger partial charge >= 0.3 is 0 Å². The van der Waals surface area contributed by atoms with Gasteiger partial charge in [0, 0.05) is 26.2 Å². The van der Waals surface area contributed by atoms with Crippen LogP contribution in [-0.2, 0) is 16.0 Å². The first-order valence-corrected chi connectivity index (χ1v) is 8.87. The van der Waals surface area contributed by atoms with Gasteiger partial charge in [-0.25, -0.2) is 0 Å². The monoisotopic (exact) mass is 329 g/mol. The van der Waals surface area contributed by atoms with Gasteiger partial charge < -0.3 is 15.5 Å². The fraction of sp³-hybridized carbons (Fsp3) is 0.579. The smallest absolute Gasteiger partial charge is 0.245 e. The van der Waals surface area contributed by atoms with Crippen LogP contribution in [0.5, 0.6) is 0 Å². The number of fused-ring (bicyclic) bond motifs is 1. The van der Waals surface area contributed by atoms with E-state index in [-0.39, 0.29) is 17.7 Å². The van der Waals surface area contributed by atoms with Gasteiger partial charge in [0.05, 0.1) is 6.42 Å². The van der Waals surface area contributed by atoms with Gasteiger partial charge in [-0.05, 0) is 23.3 Å². The molecule has 2 saturated heterocycles. The molecule has 0 bridgehead atoms. The summed E-state index contributed by atoms with van der Waals surface area (Å²) in [6.07, 6.45) is 0.312. The van der Waals surface area contributed by atoms with Crippen molar-refractivity contribution in [2.24, 2.45) is 17.8 Å². The van der Waals surface area contributed by atoms with Crippen LogP contribution in [0.25, 0.3) is 0 Å². The summed E-state index contributed by atoms with van der Waals surface area (Å²) < 4.78 is 0. The zero-order valence-electron chi connectivity index (χ0n) is 14.5. The number of amides is 2. The lowest BCUT2D eigenvalue weighted by atomic mass is 10.0. The van der Waals surface area contributed by atoms with Crippen LogP contribution < -0.4 is 10.6 Å². The molecule has 0 spiro atoms. The maximum atomic E-state index is 12.9. The van der Waals surface area contributed by atoms with Crippen LogP contribution in [0.4, 0.5) is 0 Å². The van der Waals surface area contributed by atoms with E-state index in [0.717, 1.165) is 31.7 Å². The Kier molecular flexibility index (Phi) is 5.19. The van der Waals surface area contributed by atoms with Crippen LogP contribution in [0, 0.1) is 17.8 Å². The minimum Gasteiger partial charge on any atom is -0.344 e. The highest BCUT2D eigenvalue weighted by atomic mass is 16.2. The van der Waals surface area contributed by atoms with E-state index in [1.54, 1.807) is 0 Å². The van der Waals surface area contributed by atoms with Gasteiger partial charge in [-0.1, -0.05) is 44.2 Å². The first-order valence-electron chi connectivity index (χ1n) is 8.87.